The monoisotopic (exact) mass is 364 g/mol. The Morgan fingerprint density at radius 2 is 1.80 bits per heavy atom. The van der Waals surface area contributed by atoms with Gasteiger partial charge in [-0.1, -0.05) is 36.6 Å². The van der Waals surface area contributed by atoms with E-state index < -0.39 is 5.97 Å². The minimum Gasteiger partial charge on any atom is -0.504 e. The third-order valence-corrected chi connectivity index (χ3v) is 4.17. The van der Waals surface area contributed by atoms with Crippen LogP contribution in [0.1, 0.15) is 41.6 Å². The standard InChI is InChI=1S/C19H21ClO5/c20-15-12-14(19(23)24)9-10-17(15)25-11-4-2-1-3-6-13-7-5-8-16(21)18(13)22/h5,7-10,12,21-22H,1-4,6,11H2,(H,23,24). The van der Waals surface area contributed by atoms with Crippen LogP contribution in [0.25, 0.3) is 0 Å². The lowest BCUT2D eigenvalue weighted by Gasteiger charge is -2.09. The summed E-state index contributed by atoms with van der Waals surface area (Å²) < 4.78 is 5.57. The molecule has 0 aliphatic rings. The second-order valence-corrected chi connectivity index (χ2v) is 6.16. The highest BCUT2D eigenvalue weighted by atomic mass is 35.5. The second kappa shape index (κ2) is 9.18. The van der Waals surface area contributed by atoms with Crippen LogP contribution in [0.15, 0.2) is 36.4 Å². The van der Waals surface area contributed by atoms with E-state index in [1.165, 1.54) is 18.2 Å². The van der Waals surface area contributed by atoms with Crippen molar-refractivity contribution in [3.05, 3.63) is 52.5 Å². The zero-order valence-corrected chi connectivity index (χ0v) is 14.5. The van der Waals surface area contributed by atoms with Gasteiger partial charge in [-0.15, -0.1) is 0 Å². The van der Waals surface area contributed by atoms with Crippen LogP contribution in [0.4, 0.5) is 0 Å². The molecule has 25 heavy (non-hydrogen) atoms. The summed E-state index contributed by atoms with van der Waals surface area (Å²) in [7, 11) is 0. The lowest BCUT2D eigenvalue weighted by Crippen LogP contribution is -2.00. The Morgan fingerprint density at radius 3 is 2.52 bits per heavy atom. The number of phenols is 2. The summed E-state index contributed by atoms with van der Waals surface area (Å²) in [5.74, 6) is -0.662. The number of benzene rings is 2. The molecule has 0 amide bonds. The van der Waals surface area contributed by atoms with E-state index in [0.29, 0.717) is 23.8 Å². The van der Waals surface area contributed by atoms with Gasteiger partial charge in [0, 0.05) is 0 Å². The Hall–Kier alpha value is -2.40. The van der Waals surface area contributed by atoms with Gasteiger partial charge in [0.1, 0.15) is 5.75 Å². The maximum atomic E-state index is 10.8. The molecule has 0 saturated heterocycles. The SMILES string of the molecule is O=C(O)c1ccc(OCCCCCCc2cccc(O)c2O)c(Cl)c1. The number of aromatic carboxylic acids is 1. The van der Waals surface area contributed by atoms with Gasteiger partial charge >= 0.3 is 5.97 Å². The fourth-order valence-electron chi connectivity index (χ4n) is 2.48. The van der Waals surface area contributed by atoms with Crippen molar-refractivity contribution < 1.29 is 24.9 Å². The third-order valence-electron chi connectivity index (χ3n) is 3.88. The Balaban J connectivity index is 1.65. The summed E-state index contributed by atoms with van der Waals surface area (Å²) >= 11 is 6.00. The van der Waals surface area contributed by atoms with Gasteiger partial charge in [0.05, 0.1) is 17.2 Å². The molecule has 3 N–H and O–H groups in total. The number of unbranched alkanes of at least 4 members (excludes halogenated alkanes) is 3. The Morgan fingerprint density at radius 1 is 1.04 bits per heavy atom. The second-order valence-electron chi connectivity index (χ2n) is 5.75. The molecule has 6 heteroatoms. The molecule has 2 aromatic carbocycles. The molecule has 0 aliphatic heterocycles. The molecule has 0 radical (unpaired) electrons. The summed E-state index contributed by atoms with van der Waals surface area (Å²) in [5.41, 5.74) is 0.883. The summed E-state index contributed by atoms with van der Waals surface area (Å²) in [6, 6.07) is 9.39. The van der Waals surface area contributed by atoms with Crippen LogP contribution in [0.5, 0.6) is 17.2 Å². The Kier molecular flexibility index (Phi) is 6.95. The lowest BCUT2D eigenvalue weighted by molar-refractivity contribution is 0.0697. The molecule has 0 spiro atoms. The van der Waals surface area contributed by atoms with Gasteiger partial charge in [-0.3, -0.25) is 0 Å². The van der Waals surface area contributed by atoms with Crippen molar-refractivity contribution in [1.29, 1.82) is 0 Å². The predicted octanol–water partition coefficient (Wildman–Crippen LogP) is 4.63. The molecule has 0 aromatic heterocycles. The Bertz CT molecular complexity index is 730. The molecule has 0 saturated carbocycles. The van der Waals surface area contributed by atoms with Crippen LogP contribution in [-0.2, 0) is 6.42 Å². The van der Waals surface area contributed by atoms with Gasteiger partial charge in [-0.25, -0.2) is 4.79 Å². The fourth-order valence-corrected chi connectivity index (χ4v) is 2.72. The van der Waals surface area contributed by atoms with Crippen molar-refractivity contribution >= 4 is 17.6 Å². The molecule has 0 unspecified atom stereocenters. The first-order valence-corrected chi connectivity index (χ1v) is 8.52. The summed E-state index contributed by atoms with van der Waals surface area (Å²) in [6.07, 6.45) is 4.41. The molecule has 0 heterocycles. The molecular formula is C19H21ClO5. The van der Waals surface area contributed by atoms with E-state index in [0.717, 1.165) is 31.2 Å². The first-order valence-electron chi connectivity index (χ1n) is 8.14. The van der Waals surface area contributed by atoms with Crippen LogP contribution >= 0.6 is 11.6 Å². The highest BCUT2D eigenvalue weighted by molar-refractivity contribution is 6.32. The van der Waals surface area contributed by atoms with E-state index >= 15 is 0 Å². The molecule has 0 fully saturated rings. The molecular weight excluding hydrogens is 344 g/mol. The van der Waals surface area contributed by atoms with Crippen LogP contribution in [0, 0.1) is 0 Å². The van der Waals surface area contributed by atoms with E-state index in [9.17, 15) is 15.0 Å². The molecule has 134 valence electrons. The average Bonchev–Trinajstić information content (AvgIpc) is 2.58. The number of hydrogen-bond acceptors (Lipinski definition) is 4. The number of carbonyl (C=O) groups is 1. The Labute approximate surface area is 151 Å². The minimum absolute atomic E-state index is 0.0368. The van der Waals surface area contributed by atoms with Crippen LogP contribution in [0.2, 0.25) is 5.02 Å². The van der Waals surface area contributed by atoms with Crippen LogP contribution in [-0.4, -0.2) is 27.9 Å². The number of hydrogen-bond donors (Lipinski definition) is 3. The van der Waals surface area contributed by atoms with Crippen LogP contribution in [0.3, 0.4) is 0 Å². The molecule has 5 nitrogen and oxygen atoms in total. The van der Waals surface area contributed by atoms with Crippen molar-refractivity contribution in [2.24, 2.45) is 0 Å². The van der Waals surface area contributed by atoms with E-state index in [4.69, 9.17) is 21.4 Å². The van der Waals surface area contributed by atoms with E-state index in [1.54, 1.807) is 18.2 Å². The molecule has 0 bridgehead atoms. The van der Waals surface area contributed by atoms with Gasteiger partial charge < -0.3 is 20.1 Å². The highest BCUT2D eigenvalue weighted by Gasteiger charge is 2.08. The van der Waals surface area contributed by atoms with Gasteiger partial charge in [0.2, 0.25) is 0 Å². The topological polar surface area (TPSA) is 87.0 Å². The first-order chi connectivity index (χ1) is 12.0. The van der Waals surface area contributed by atoms with Crippen molar-refractivity contribution in [3.8, 4) is 17.2 Å². The van der Waals surface area contributed by atoms with Crippen molar-refractivity contribution in [3.63, 3.8) is 0 Å². The summed E-state index contributed by atoms with van der Waals surface area (Å²) in [5, 5.41) is 28.3. The number of para-hydroxylation sites is 1. The number of halogens is 1. The van der Waals surface area contributed by atoms with Crippen molar-refractivity contribution in [1.82, 2.24) is 0 Å². The molecule has 0 atom stereocenters. The third kappa shape index (κ3) is 5.57. The maximum absolute atomic E-state index is 10.8. The van der Waals surface area contributed by atoms with E-state index in [1.807, 2.05) is 0 Å². The van der Waals surface area contributed by atoms with Gasteiger partial charge in [-0.05, 0) is 49.1 Å². The van der Waals surface area contributed by atoms with Gasteiger partial charge in [0.15, 0.2) is 11.5 Å². The molecule has 2 rings (SSSR count). The van der Waals surface area contributed by atoms with Gasteiger partial charge in [-0.2, -0.15) is 0 Å². The van der Waals surface area contributed by atoms with Crippen molar-refractivity contribution in [2.45, 2.75) is 32.1 Å². The number of carboxylic acid groups (broad SMARTS) is 1. The summed E-state index contributed by atoms with van der Waals surface area (Å²) in [6.45, 7) is 0.503. The zero-order valence-electron chi connectivity index (χ0n) is 13.7. The molecule has 0 aliphatic carbocycles. The smallest absolute Gasteiger partial charge is 0.335 e. The number of rotatable bonds is 9. The summed E-state index contributed by atoms with van der Waals surface area (Å²) in [4.78, 5) is 10.8. The highest BCUT2D eigenvalue weighted by Crippen LogP contribution is 2.29. The van der Waals surface area contributed by atoms with E-state index in [2.05, 4.69) is 0 Å². The quantitative estimate of drug-likeness (QED) is 0.446. The lowest BCUT2D eigenvalue weighted by atomic mass is 10.0. The normalized spacial score (nSPS) is 10.6. The largest absolute Gasteiger partial charge is 0.504 e. The number of aryl methyl sites for hydroxylation is 1. The number of phenolic OH excluding ortho intramolecular Hbond substituents is 2. The minimum atomic E-state index is -1.02. The fraction of sp³-hybridized carbons (Fsp3) is 0.316. The van der Waals surface area contributed by atoms with E-state index in [-0.39, 0.29) is 17.1 Å². The molecule has 2 aromatic rings. The predicted molar refractivity (Wildman–Crippen MR) is 95.8 cm³/mol. The number of carboxylic acids is 1. The number of ether oxygens (including phenoxy) is 1. The number of aromatic hydroxyl groups is 2. The zero-order chi connectivity index (χ0) is 18.2. The first kappa shape index (κ1) is 18.9. The van der Waals surface area contributed by atoms with Crippen molar-refractivity contribution in [2.75, 3.05) is 6.61 Å². The van der Waals surface area contributed by atoms with Crippen LogP contribution < -0.4 is 4.74 Å². The average molecular weight is 365 g/mol. The van der Waals surface area contributed by atoms with Gasteiger partial charge in [0.25, 0.3) is 0 Å². The maximum Gasteiger partial charge on any atom is 0.335 e.